The van der Waals surface area contributed by atoms with E-state index in [9.17, 15) is 31.1 Å². The van der Waals surface area contributed by atoms with E-state index in [1.165, 1.54) is 4.90 Å². The van der Waals surface area contributed by atoms with Crippen LogP contribution in [0.5, 0.6) is 0 Å². The summed E-state index contributed by atoms with van der Waals surface area (Å²) >= 11 is 3.39. The number of aromatic nitrogens is 2. The first-order valence-electron chi connectivity index (χ1n) is 11.0. The van der Waals surface area contributed by atoms with Crippen molar-refractivity contribution in [2.45, 2.75) is 57.7 Å². The molecule has 2 aromatic rings. The lowest BCUT2D eigenvalue weighted by Gasteiger charge is -2.20. The van der Waals surface area contributed by atoms with Crippen LogP contribution in [-0.4, -0.2) is 39.2 Å². The number of alkyl halides is 7. The highest BCUT2D eigenvalue weighted by atomic mass is 79.9. The number of anilines is 1. The fourth-order valence-corrected chi connectivity index (χ4v) is 4.05. The van der Waals surface area contributed by atoms with Gasteiger partial charge in [-0.1, -0.05) is 22.4 Å². The molecule has 194 valence electrons. The van der Waals surface area contributed by atoms with Gasteiger partial charge < -0.3 is 15.0 Å². The number of rotatable bonds is 8. The molecule has 0 saturated heterocycles. The molecule has 0 atom stereocenters. The Hall–Kier alpha value is -2.44. The standard InChI is InChI=1S/C22H25BrF6N4O2/c23-5-2-1-3-6-30-19-12-18-13-32(7-4-8-33(18)31-19)20(34)35-14-15-9-16(21(24,25)26)11-17(10-15)22(27,28)29/h9-12H,1-8,13-14H2,(H,30,31). The maximum atomic E-state index is 13.0. The second-order valence-electron chi connectivity index (χ2n) is 8.16. The van der Waals surface area contributed by atoms with E-state index < -0.39 is 41.7 Å². The van der Waals surface area contributed by atoms with Gasteiger partial charge in [0.15, 0.2) is 0 Å². The van der Waals surface area contributed by atoms with Gasteiger partial charge in [-0.15, -0.1) is 0 Å². The lowest BCUT2D eigenvalue weighted by atomic mass is 10.1. The summed E-state index contributed by atoms with van der Waals surface area (Å²) < 4.78 is 85.1. The number of benzene rings is 1. The van der Waals surface area contributed by atoms with Gasteiger partial charge in [-0.05, 0) is 43.0 Å². The number of halogens is 7. The van der Waals surface area contributed by atoms with Gasteiger partial charge in [0.05, 0.1) is 23.4 Å². The third kappa shape index (κ3) is 7.77. The summed E-state index contributed by atoms with van der Waals surface area (Å²) in [4.78, 5) is 13.9. The summed E-state index contributed by atoms with van der Waals surface area (Å²) in [6.45, 7) is 1.07. The van der Waals surface area contributed by atoms with Crippen LogP contribution in [0.25, 0.3) is 0 Å². The SMILES string of the molecule is O=C(OCc1cc(C(F)(F)F)cc(C(F)(F)F)c1)N1CCCn2nc(NCCCCCBr)cc2C1. The van der Waals surface area contributed by atoms with Crippen LogP contribution in [0.4, 0.5) is 37.0 Å². The number of hydrogen-bond donors (Lipinski definition) is 1. The van der Waals surface area contributed by atoms with Crippen LogP contribution in [0.1, 0.15) is 48.1 Å². The Balaban J connectivity index is 1.63. The van der Waals surface area contributed by atoms with Gasteiger partial charge in [-0.2, -0.15) is 31.4 Å². The Bertz CT molecular complexity index is 977. The number of unbranched alkanes of at least 4 members (excludes halogenated alkanes) is 2. The van der Waals surface area contributed by atoms with Crippen LogP contribution in [0.2, 0.25) is 0 Å². The molecule has 13 heteroatoms. The largest absolute Gasteiger partial charge is 0.445 e. The number of fused-ring (bicyclic) bond motifs is 1. The average molecular weight is 571 g/mol. The van der Waals surface area contributed by atoms with Crippen molar-refractivity contribution in [1.82, 2.24) is 14.7 Å². The van der Waals surface area contributed by atoms with E-state index in [-0.39, 0.29) is 12.6 Å². The number of carbonyl (C=O) groups excluding carboxylic acids is 1. The van der Waals surface area contributed by atoms with E-state index in [1.807, 2.05) is 6.07 Å². The molecule has 0 saturated carbocycles. The van der Waals surface area contributed by atoms with Crippen LogP contribution in [0.15, 0.2) is 24.3 Å². The Morgan fingerprint density at radius 2 is 1.69 bits per heavy atom. The minimum Gasteiger partial charge on any atom is -0.445 e. The zero-order valence-corrected chi connectivity index (χ0v) is 20.3. The number of nitrogens with zero attached hydrogens (tertiary/aromatic N) is 3. The molecule has 1 N–H and O–H groups in total. The predicted octanol–water partition coefficient (Wildman–Crippen LogP) is 6.44. The highest BCUT2D eigenvalue weighted by Crippen LogP contribution is 2.36. The third-order valence-electron chi connectivity index (χ3n) is 5.40. The highest BCUT2D eigenvalue weighted by molar-refractivity contribution is 9.09. The predicted molar refractivity (Wildman–Crippen MR) is 120 cm³/mol. The van der Waals surface area contributed by atoms with Crippen molar-refractivity contribution in [3.8, 4) is 0 Å². The quantitative estimate of drug-likeness (QED) is 0.225. The minimum absolute atomic E-state index is 0.0363. The Morgan fingerprint density at radius 3 is 2.31 bits per heavy atom. The molecule has 1 aromatic heterocycles. The summed E-state index contributed by atoms with van der Waals surface area (Å²) in [6.07, 6.45) is -7.06. The van der Waals surface area contributed by atoms with Gasteiger partial charge in [0, 0.05) is 31.0 Å². The number of amides is 1. The van der Waals surface area contributed by atoms with Gasteiger partial charge in [0.25, 0.3) is 0 Å². The number of carbonyl (C=O) groups is 1. The number of nitrogens with one attached hydrogen (secondary N) is 1. The second-order valence-corrected chi connectivity index (χ2v) is 8.96. The van der Waals surface area contributed by atoms with Gasteiger partial charge in [-0.25, -0.2) is 4.79 Å². The minimum atomic E-state index is -4.97. The molecule has 0 bridgehead atoms. The van der Waals surface area contributed by atoms with Crippen LogP contribution >= 0.6 is 15.9 Å². The van der Waals surface area contributed by atoms with Crippen molar-refractivity contribution in [3.63, 3.8) is 0 Å². The van der Waals surface area contributed by atoms with Crippen LogP contribution in [0, 0.1) is 0 Å². The molecule has 35 heavy (non-hydrogen) atoms. The van der Waals surface area contributed by atoms with Gasteiger partial charge in [-0.3, -0.25) is 4.68 Å². The maximum Gasteiger partial charge on any atom is 0.416 e. The smallest absolute Gasteiger partial charge is 0.416 e. The van der Waals surface area contributed by atoms with Gasteiger partial charge >= 0.3 is 18.4 Å². The Kier molecular flexibility index (Phi) is 8.94. The summed E-state index contributed by atoms with van der Waals surface area (Å²) in [5, 5.41) is 8.68. The Labute approximate surface area is 206 Å². The fraction of sp³-hybridized carbons (Fsp3) is 0.545. The first kappa shape index (κ1) is 27.2. The molecule has 0 aliphatic carbocycles. The van der Waals surface area contributed by atoms with Crippen molar-refractivity contribution < 1.29 is 35.9 Å². The molecule has 0 fully saturated rings. The highest BCUT2D eigenvalue weighted by Gasteiger charge is 2.37. The molecule has 0 spiro atoms. The summed E-state index contributed by atoms with van der Waals surface area (Å²) in [5.41, 5.74) is -2.55. The summed E-state index contributed by atoms with van der Waals surface area (Å²) in [6, 6.07) is 2.96. The first-order valence-corrected chi connectivity index (χ1v) is 12.2. The Morgan fingerprint density at radius 1 is 1.00 bits per heavy atom. The lowest BCUT2D eigenvalue weighted by molar-refractivity contribution is -0.143. The number of ether oxygens (including phenoxy) is 1. The van der Waals surface area contributed by atoms with Crippen molar-refractivity contribution in [3.05, 3.63) is 46.6 Å². The van der Waals surface area contributed by atoms with E-state index in [2.05, 4.69) is 26.3 Å². The maximum absolute atomic E-state index is 13.0. The second kappa shape index (κ2) is 11.5. The first-order chi connectivity index (χ1) is 16.5. The van der Waals surface area contributed by atoms with Crippen molar-refractivity contribution >= 4 is 27.8 Å². The van der Waals surface area contributed by atoms with Crippen molar-refractivity contribution in [1.29, 1.82) is 0 Å². The van der Waals surface area contributed by atoms with Crippen LogP contribution in [0.3, 0.4) is 0 Å². The monoisotopic (exact) mass is 570 g/mol. The molecule has 3 rings (SSSR count). The molecule has 0 unspecified atom stereocenters. The average Bonchev–Trinajstić information content (AvgIpc) is 3.05. The van der Waals surface area contributed by atoms with Crippen LogP contribution in [-0.2, 0) is 36.8 Å². The van der Waals surface area contributed by atoms with E-state index in [1.54, 1.807) is 4.68 Å². The molecule has 0 radical (unpaired) electrons. The fourth-order valence-electron chi connectivity index (χ4n) is 3.66. The number of hydrogen-bond acceptors (Lipinski definition) is 4. The normalized spacial score (nSPS) is 14.4. The molecular weight excluding hydrogens is 546 g/mol. The molecule has 1 aliphatic rings. The zero-order chi connectivity index (χ0) is 25.6. The van der Waals surface area contributed by atoms with Crippen molar-refractivity contribution in [2.24, 2.45) is 0 Å². The van der Waals surface area contributed by atoms with Gasteiger partial charge in [0.2, 0.25) is 0 Å². The topological polar surface area (TPSA) is 59.4 Å². The lowest BCUT2D eigenvalue weighted by Crippen LogP contribution is -2.31. The van der Waals surface area contributed by atoms with E-state index in [4.69, 9.17) is 4.74 Å². The van der Waals surface area contributed by atoms with E-state index in [0.717, 1.165) is 36.8 Å². The number of aryl methyl sites for hydroxylation is 1. The molecule has 1 amide bonds. The zero-order valence-electron chi connectivity index (χ0n) is 18.7. The molecule has 1 aromatic carbocycles. The molecule has 1 aliphatic heterocycles. The van der Waals surface area contributed by atoms with E-state index in [0.29, 0.717) is 37.5 Å². The summed E-state index contributed by atoms with van der Waals surface area (Å²) in [5.74, 6) is 0.678. The third-order valence-corrected chi connectivity index (χ3v) is 5.96. The van der Waals surface area contributed by atoms with Crippen LogP contribution < -0.4 is 5.32 Å². The summed E-state index contributed by atoms with van der Waals surface area (Å²) in [7, 11) is 0. The molecular formula is C22H25BrF6N4O2. The molecule has 6 nitrogen and oxygen atoms in total. The van der Waals surface area contributed by atoms with Crippen molar-refractivity contribution in [2.75, 3.05) is 23.7 Å². The van der Waals surface area contributed by atoms with Gasteiger partial charge in [0.1, 0.15) is 12.4 Å². The molecule has 2 heterocycles. The van der Waals surface area contributed by atoms with E-state index >= 15 is 0 Å².